The van der Waals surface area contributed by atoms with Crippen LogP contribution in [0.2, 0.25) is 0 Å². The summed E-state index contributed by atoms with van der Waals surface area (Å²) < 4.78 is 15.0. The highest BCUT2D eigenvalue weighted by atomic mass is 19.1. The molecule has 0 aliphatic rings. The lowest BCUT2D eigenvalue weighted by atomic mass is 10.1. The lowest BCUT2D eigenvalue weighted by Gasteiger charge is -2.06. The maximum absolute atomic E-state index is 13.3. The van der Waals surface area contributed by atoms with Crippen molar-refractivity contribution < 1.29 is 4.39 Å². The van der Waals surface area contributed by atoms with Crippen LogP contribution in [0.3, 0.4) is 0 Å². The second-order valence-electron chi connectivity index (χ2n) is 4.34. The molecule has 5 heteroatoms. The maximum atomic E-state index is 13.3. The van der Waals surface area contributed by atoms with Gasteiger partial charge >= 0.3 is 0 Å². The number of aromatic nitrogens is 3. The van der Waals surface area contributed by atoms with Gasteiger partial charge in [0.25, 0.3) is 0 Å². The third-order valence-corrected chi connectivity index (χ3v) is 2.91. The van der Waals surface area contributed by atoms with Crippen LogP contribution >= 0.6 is 0 Å². The number of rotatable bonds is 5. The Balaban J connectivity index is 2.37. The van der Waals surface area contributed by atoms with Crippen LogP contribution in [0.25, 0.3) is 11.3 Å². The number of hydrogen-bond donors (Lipinski definition) is 0. The summed E-state index contributed by atoms with van der Waals surface area (Å²) in [5.74, 6) is -0.331. The minimum Gasteiger partial charge on any atom is -0.243 e. The van der Waals surface area contributed by atoms with Gasteiger partial charge in [0.1, 0.15) is 17.6 Å². The molecule has 0 spiro atoms. The van der Waals surface area contributed by atoms with E-state index in [9.17, 15) is 4.39 Å². The molecule has 4 nitrogen and oxygen atoms in total. The first-order chi connectivity index (χ1) is 9.26. The molecule has 2 rings (SSSR count). The Bertz CT molecular complexity index is 598. The van der Waals surface area contributed by atoms with E-state index in [2.05, 4.69) is 17.2 Å². The molecule has 0 bridgehead atoms. The summed E-state index contributed by atoms with van der Waals surface area (Å²) in [5.41, 5.74) is 1.47. The van der Waals surface area contributed by atoms with Gasteiger partial charge in [-0.3, -0.25) is 0 Å². The Morgan fingerprint density at radius 2 is 2.21 bits per heavy atom. The minimum absolute atomic E-state index is 0.238. The molecule has 0 fully saturated rings. The Hall–Kier alpha value is -2.22. The first-order valence-corrected chi connectivity index (χ1v) is 6.35. The number of halogens is 1. The van der Waals surface area contributed by atoms with Crippen LogP contribution in [0.5, 0.6) is 0 Å². The predicted octanol–water partition coefficient (Wildman–Crippen LogP) is 3.15. The molecular weight excluding hydrogens is 243 g/mol. The van der Waals surface area contributed by atoms with Gasteiger partial charge in [-0.1, -0.05) is 37.1 Å². The summed E-state index contributed by atoms with van der Waals surface area (Å²) in [7, 11) is 0. The zero-order valence-electron chi connectivity index (χ0n) is 10.8. The number of benzene rings is 1. The summed E-state index contributed by atoms with van der Waals surface area (Å²) in [4.78, 5) is 0. The van der Waals surface area contributed by atoms with E-state index in [1.54, 1.807) is 16.8 Å². The summed E-state index contributed by atoms with van der Waals surface area (Å²) in [6, 6.07) is 8.16. The van der Waals surface area contributed by atoms with Crippen molar-refractivity contribution >= 4 is 0 Å². The fourth-order valence-electron chi connectivity index (χ4n) is 1.98. The lowest BCUT2D eigenvalue weighted by Crippen LogP contribution is -2.03. The van der Waals surface area contributed by atoms with E-state index in [4.69, 9.17) is 5.26 Å². The summed E-state index contributed by atoms with van der Waals surface area (Å²) in [6.07, 6.45) is 3.16. The third kappa shape index (κ3) is 2.97. The first kappa shape index (κ1) is 13.2. The van der Waals surface area contributed by atoms with E-state index in [1.807, 2.05) is 6.07 Å². The quantitative estimate of drug-likeness (QED) is 0.774. The number of nitriles is 1. The van der Waals surface area contributed by atoms with Crippen molar-refractivity contribution in [2.45, 2.75) is 32.7 Å². The second kappa shape index (κ2) is 6.10. The molecule has 19 heavy (non-hydrogen) atoms. The fraction of sp³-hybridized carbons (Fsp3) is 0.357. The van der Waals surface area contributed by atoms with Gasteiger partial charge in [0.2, 0.25) is 0 Å². The molecule has 0 unspecified atom stereocenters. The van der Waals surface area contributed by atoms with Gasteiger partial charge < -0.3 is 0 Å². The van der Waals surface area contributed by atoms with Gasteiger partial charge in [-0.25, -0.2) is 9.07 Å². The predicted molar refractivity (Wildman–Crippen MR) is 69.7 cm³/mol. The molecule has 1 aromatic carbocycles. The highest BCUT2D eigenvalue weighted by molar-refractivity contribution is 5.64. The molecule has 0 saturated carbocycles. The van der Waals surface area contributed by atoms with Gasteiger partial charge in [0.05, 0.1) is 0 Å². The standard InChI is InChI=1S/C14H15FN4/c1-2-3-4-8-19-14(13(10-16)17-18-19)11-6-5-7-12(15)9-11/h5-7,9H,2-4,8H2,1H3. The molecule has 0 saturated heterocycles. The second-order valence-corrected chi connectivity index (χ2v) is 4.34. The molecule has 0 aliphatic heterocycles. The van der Waals surface area contributed by atoms with E-state index < -0.39 is 0 Å². The van der Waals surface area contributed by atoms with Crippen LogP contribution in [0.15, 0.2) is 24.3 Å². The number of hydrogen-bond acceptors (Lipinski definition) is 3. The van der Waals surface area contributed by atoms with Gasteiger partial charge in [0.15, 0.2) is 5.69 Å². The van der Waals surface area contributed by atoms with Crippen LogP contribution in [0.4, 0.5) is 4.39 Å². The molecule has 1 heterocycles. The lowest BCUT2D eigenvalue weighted by molar-refractivity contribution is 0.541. The zero-order valence-corrected chi connectivity index (χ0v) is 10.8. The third-order valence-electron chi connectivity index (χ3n) is 2.91. The largest absolute Gasteiger partial charge is 0.243 e. The summed E-state index contributed by atoms with van der Waals surface area (Å²) in [5, 5.41) is 16.9. The molecular formula is C14H15FN4. The van der Waals surface area contributed by atoms with E-state index in [0.29, 0.717) is 17.8 Å². The highest BCUT2D eigenvalue weighted by Crippen LogP contribution is 2.23. The summed E-state index contributed by atoms with van der Waals surface area (Å²) >= 11 is 0. The Kier molecular flexibility index (Phi) is 4.24. The molecule has 0 amide bonds. The zero-order chi connectivity index (χ0) is 13.7. The highest BCUT2D eigenvalue weighted by Gasteiger charge is 2.14. The Morgan fingerprint density at radius 3 is 2.89 bits per heavy atom. The molecule has 2 aromatic rings. The van der Waals surface area contributed by atoms with Crippen molar-refractivity contribution in [3.8, 4) is 17.3 Å². The molecule has 0 aliphatic carbocycles. The fourth-order valence-corrected chi connectivity index (χ4v) is 1.98. The van der Waals surface area contributed by atoms with Crippen LogP contribution < -0.4 is 0 Å². The smallest absolute Gasteiger partial charge is 0.190 e. The van der Waals surface area contributed by atoms with Gasteiger partial charge in [0, 0.05) is 12.1 Å². The van der Waals surface area contributed by atoms with Crippen molar-refractivity contribution in [1.82, 2.24) is 15.0 Å². The first-order valence-electron chi connectivity index (χ1n) is 6.35. The minimum atomic E-state index is -0.331. The van der Waals surface area contributed by atoms with Crippen LogP contribution in [-0.2, 0) is 6.54 Å². The van der Waals surface area contributed by atoms with Crippen molar-refractivity contribution in [3.05, 3.63) is 35.8 Å². The van der Waals surface area contributed by atoms with Crippen LogP contribution in [-0.4, -0.2) is 15.0 Å². The molecule has 1 aromatic heterocycles. The van der Waals surface area contributed by atoms with E-state index >= 15 is 0 Å². The SMILES string of the molecule is CCCCCn1nnc(C#N)c1-c1cccc(F)c1. The normalized spacial score (nSPS) is 10.4. The monoisotopic (exact) mass is 258 g/mol. The molecule has 0 N–H and O–H groups in total. The van der Waals surface area contributed by atoms with E-state index in [-0.39, 0.29) is 11.5 Å². The molecule has 0 radical (unpaired) electrons. The molecule has 98 valence electrons. The Morgan fingerprint density at radius 1 is 1.37 bits per heavy atom. The average Bonchev–Trinajstić information content (AvgIpc) is 2.82. The van der Waals surface area contributed by atoms with E-state index in [0.717, 1.165) is 19.3 Å². The molecule has 0 atom stereocenters. The van der Waals surface area contributed by atoms with Crippen molar-refractivity contribution in [3.63, 3.8) is 0 Å². The van der Waals surface area contributed by atoms with Gasteiger partial charge in [-0.05, 0) is 18.6 Å². The van der Waals surface area contributed by atoms with Crippen LogP contribution in [0.1, 0.15) is 31.9 Å². The average molecular weight is 258 g/mol. The van der Waals surface area contributed by atoms with Crippen molar-refractivity contribution in [2.75, 3.05) is 0 Å². The van der Waals surface area contributed by atoms with Crippen molar-refractivity contribution in [2.24, 2.45) is 0 Å². The van der Waals surface area contributed by atoms with Gasteiger partial charge in [-0.2, -0.15) is 5.26 Å². The Labute approximate surface area is 111 Å². The van der Waals surface area contributed by atoms with Gasteiger partial charge in [-0.15, -0.1) is 5.10 Å². The van der Waals surface area contributed by atoms with E-state index in [1.165, 1.54) is 12.1 Å². The topological polar surface area (TPSA) is 54.5 Å². The maximum Gasteiger partial charge on any atom is 0.190 e. The van der Waals surface area contributed by atoms with Crippen molar-refractivity contribution in [1.29, 1.82) is 5.26 Å². The summed E-state index contributed by atoms with van der Waals surface area (Å²) in [6.45, 7) is 2.81. The number of aryl methyl sites for hydroxylation is 1. The number of nitrogens with zero attached hydrogens (tertiary/aromatic N) is 4. The van der Waals surface area contributed by atoms with Crippen LogP contribution in [0, 0.1) is 17.1 Å². The number of unbranched alkanes of at least 4 members (excludes halogenated alkanes) is 2.